The van der Waals surface area contributed by atoms with Gasteiger partial charge in [-0.25, -0.2) is 9.83 Å². The van der Waals surface area contributed by atoms with Gasteiger partial charge in [0.15, 0.2) is 5.82 Å². The Morgan fingerprint density at radius 2 is 2.25 bits per heavy atom. The number of rotatable bonds is 4. The molecular weight excluding hydrogens is 428 g/mol. The molecule has 0 bridgehead atoms. The molecule has 3 aromatic heterocycles. The van der Waals surface area contributed by atoms with Crippen LogP contribution in [0.25, 0.3) is 10.7 Å². The van der Waals surface area contributed by atoms with Gasteiger partial charge in [0.05, 0.1) is 31.7 Å². The second-order valence-electron chi connectivity index (χ2n) is 8.00. The second-order valence-corrected chi connectivity index (χ2v) is 8.86. The highest BCUT2D eigenvalue weighted by atomic mass is 32.1. The number of amides is 1. The molecule has 0 N–H and O–H groups in total. The molecule has 2 saturated heterocycles. The number of morpholine rings is 1. The van der Waals surface area contributed by atoms with E-state index >= 15 is 0 Å². The number of aromatic nitrogens is 5. The molecule has 2 aliphatic rings. The third-order valence-electron chi connectivity index (χ3n) is 6.10. The van der Waals surface area contributed by atoms with Gasteiger partial charge in [0.1, 0.15) is 6.33 Å². The van der Waals surface area contributed by atoms with Crippen LogP contribution in [-0.4, -0.2) is 79.7 Å². The van der Waals surface area contributed by atoms with E-state index in [1.807, 2.05) is 23.3 Å². The Labute approximate surface area is 189 Å². The van der Waals surface area contributed by atoms with Crippen molar-refractivity contribution >= 4 is 22.2 Å². The van der Waals surface area contributed by atoms with Crippen molar-refractivity contribution in [3.63, 3.8) is 0 Å². The Morgan fingerprint density at radius 1 is 1.34 bits per heavy atom. The molecule has 3 aromatic rings. The molecule has 11 heteroatoms. The first-order valence-corrected chi connectivity index (χ1v) is 11.3. The maximum Gasteiger partial charge on any atom is 0.244 e. The van der Waals surface area contributed by atoms with Gasteiger partial charge in [-0.1, -0.05) is 6.07 Å². The van der Waals surface area contributed by atoms with E-state index in [1.54, 1.807) is 12.3 Å². The summed E-state index contributed by atoms with van der Waals surface area (Å²) in [7, 11) is 0. The average Bonchev–Trinajstić information content (AvgIpc) is 3.49. The van der Waals surface area contributed by atoms with Crippen molar-refractivity contribution in [3.8, 4) is 5.82 Å². The number of piperazine rings is 1. The monoisotopic (exact) mass is 450 g/mol. The topological polar surface area (TPSA) is 93.6 Å². The summed E-state index contributed by atoms with van der Waals surface area (Å²) in [6.07, 6.45) is 3.48. The van der Waals surface area contributed by atoms with Gasteiger partial charge in [-0.05, 0) is 45.5 Å². The molecule has 0 radical (unpaired) electrons. The second kappa shape index (κ2) is 8.74. The molecule has 0 spiro atoms. The van der Waals surface area contributed by atoms with Crippen LogP contribution in [0.4, 0.5) is 5.00 Å². The maximum atomic E-state index is 12.9. The summed E-state index contributed by atoms with van der Waals surface area (Å²) < 4.78 is 7.64. The van der Waals surface area contributed by atoms with Crippen LogP contribution in [0.2, 0.25) is 0 Å². The first-order valence-electron chi connectivity index (χ1n) is 10.4. The summed E-state index contributed by atoms with van der Waals surface area (Å²) >= 11 is 1.48. The summed E-state index contributed by atoms with van der Waals surface area (Å²) in [6, 6.07) is 3.88. The number of hydrogen-bond acceptors (Lipinski definition) is 8. The fourth-order valence-corrected chi connectivity index (χ4v) is 5.17. The van der Waals surface area contributed by atoms with Gasteiger partial charge in [-0.3, -0.25) is 9.69 Å². The lowest BCUT2D eigenvalue weighted by molar-refractivity contribution is -0.139. The molecule has 2 fully saturated rings. The molecule has 0 saturated carbocycles. The van der Waals surface area contributed by atoms with Crippen LogP contribution in [0.5, 0.6) is 0 Å². The highest BCUT2D eigenvalue weighted by Gasteiger charge is 2.36. The predicted octanol–water partition coefficient (Wildman–Crippen LogP) is 1.80. The molecule has 1 amide bonds. The van der Waals surface area contributed by atoms with E-state index in [1.165, 1.54) is 22.3 Å². The molecule has 5 rings (SSSR count). The summed E-state index contributed by atoms with van der Waals surface area (Å²) in [5.74, 6) is 0.706. The molecule has 0 unspecified atom stereocenters. The Hall–Kier alpha value is -3.20. The van der Waals surface area contributed by atoms with Gasteiger partial charge in [0.2, 0.25) is 10.9 Å². The van der Waals surface area contributed by atoms with E-state index in [0.717, 1.165) is 34.8 Å². The highest BCUT2D eigenvalue weighted by molar-refractivity contribution is 7.14. The Kier molecular flexibility index (Phi) is 5.65. The van der Waals surface area contributed by atoms with Crippen molar-refractivity contribution in [2.45, 2.75) is 25.5 Å². The zero-order chi connectivity index (χ0) is 22.1. The lowest BCUT2D eigenvalue weighted by Crippen LogP contribution is -2.59. The lowest BCUT2D eigenvalue weighted by Gasteiger charge is -2.46. The number of ether oxygens (including phenoxy) is 1. The molecule has 0 aliphatic carbocycles. The van der Waals surface area contributed by atoms with Gasteiger partial charge in [-0.15, -0.1) is 5.10 Å². The Morgan fingerprint density at radius 3 is 2.97 bits per heavy atom. The van der Waals surface area contributed by atoms with Crippen LogP contribution >= 0.6 is 11.3 Å². The molecule has 164 valence electrons. The minimum absolute atomic E-state index is 0.00923. The third kappa shape index (κ3) is 4.00. The van der Waals surface area contributed by atoms with Gasteiger partial charge >= 0.3 is 0 Å². The van der Waals surface area contributed by atoms with Crippen LogP contribution in [0.1, 0.15) is 22.8 Å². The SMILES string of the molecule is [C-]#[N+]c1scc([C@@H]2CN3CCN(C(=O)Cc4ccc(-n5cnnn5)nc4)C[C@H]3CO2)c1C. The molecule has 10 nitrogen and oxygen atoms in total. The van der Waals surface area contributed by atoms with Gasteiger partial charge in [0.25, 0.3) is 0 Å². The number of thiophene rings is 1. The summed E-state index contributed by atoms with van der Waals surface area (Å²) in [5, 5.41) is 13.8. The largest absolute Gasteiger partial charge is 0.371 e. The first-order chi connectivity index (χ1) is 15.6. The summed E-state index contributed by atoms with van der Waals surface area (Å²) in [4.78, 5) is 25.2. The van der Waals surface area contributed by atoms with Crippen LogP contribution in [0.15, 0.2) is 30.0 Å². The van der Waals surface area contributed by atoms with E-state index in [2.05, 4.69) is 30.3 Å². The van der Waals surface area contributed by atoms with Gasteiger partial charge < -0.3 is 9.64 Å². The fraction of sp³-hybridized carbons (Fsp3) is 0.429. The molecular formula is C21H22N8O2S. The van der Waals surface area contributed by atoms with Crippen LogP contribution in [0, 0.1) is 13.5 Å². The maximum absolute atomic E-state index is 12.9. The van der Waals surface area contributed by atoms with Crippen molar-refractivity contribution in [2.75, 3.05) is 32.8 Å². The van der Waals surface area contributed by atoms with E-state index in [9.17, 15) is 4.79 Å². The lowest BCUT2D eigenvalue weighted by atomic mass is 10.0. The number of pyridine rings is 1. The van der Waals surface area contributed by atoms with Crippen LogP contribution in [-0.2, 0) is 16.0 Å². The zero-order valence-electron chi connectivity index (χ0n) is 17.6. The number of carbonyl (C=O) groups excluding carboxylic acids is 1. The van der Waals surface area contributed by atoms with E-state index in [-0.39, 0.29) is 18.1 Å². The van der Waals surface area contributed by atoms with E-state index < -0.39 is 0 Å². The fourth-order valence-electron chi connectivity index (χ4n) is 4.26. The quantitative estimate of drug-likeness (QED) is 0.560. The van der Waals surface area contributed by atoms with Crippen molar-refractivity contribution in [1.82, 2.24) is 35.0 Å². The Bertz CT molecular complexity index is 1140. The average molecular weight is 451 g/mol. The highest BCUT2D eigenvalue weighted by Crippen LogP contribution is 2.37. The zero-order valence-corrected chi connectivity index (χ0v) is 18.4. The van der Waals surface area contributed by atoms with Crippen molar-refractivity contribution < 1.29 is 9.53 Å². The van der Waals surface area contributed by atoms with Crippen molar-refractivity contribution in [2.24, 2.45) is 0 Å². The van der Waals surface area contributed by atoms with Gasteiger partial charge in [0, 0.05) is 32.4 Å². The standard InChI is InChI=1S/C21H22N8O2S/c1-14-17(12-32-21(14)22-2)18-10-27-5-6-28(9-16(27)11-31-18)20(30)7-15-3-4-19(23-8-15)29-13-24-25-26-29/h3-4,8,12-13,16,18H,5-7,9-11H2,1H3/t16-,18-/m0/s1. The molecule has 2 aliphatic heterocycles. The molecule has 32 heavy (non-hydrogen) atoms. The number of carbonyl (C=O) groups is 1. The number of hydrogen-bond donors (Lipinski definition) is 0. The number of fused-ring (bicyclic) bond motifs is 1. The smallest absolute Gasteiger partial charge is 0.244 e. The van der Waals surface area contributed by atoms with Crippen molar-refractivity contribution in [1.29, 1.82) is 0 Å². The predicted molar refractivity (Wildman–Crippen MR) is 117 cm³/mol. The van der Waals surface area contributed by atoms with E-state index in [4.69, 9.17) is 11.3 Å². The van der Waals surface area contributed by atoms with Crippen LogP contribution < -0.4 is 0 Å². The summed E-state index contributed by atoms with van der Waals surface area (Å²) in [6.45, 7) is 12.8. The Balaban J connectivity index is 1.17. The third-order valence-corrected chi connectivity index (χ3v) is 7.09. The molecule has 2 atom stereocenters. The minimum atomic E-state index is -0.00923. The normalized spacial score (nSPS) is 21.2. The molecule has 0 aromatic carbocycles. The van der Waals surface area contributed by atoms with Gasteiger partial charge in [-0.2, -0.15) is 16.0 Å². The van der Waals surface area contributed by atoms with Crippen molar-refractivity contribution in [3.05, 3.63) is 58.1 Å². The first kappa shape index (κ1) is 20.7. The summed E-state index contributed by atoms with van der Waals surface area (Å²) in [5.41, 5.74) is 3.01. The van der Waals surface area contributed by atoms with E-state index in [0.29, 0.717) is 31.9 Å². The number of tetrazole rings is 1. The molecule has 5 heterocycles. The number of nitrogens with zero attached hydrogens (tertiary/aromatic N) is 8. The van der Waals surface area contributed by atoms with Crippen LogP contribution in [0.3, 0.4) is 0 Å². The minimum Gasteiger partial charge on any atom is -0.371 e.